The van der Waals surface area contributed by atoms with Crippen LogP contribution in [0.5, 0.6) is 0 Å². The van der Waals surface area contributed by atoms with Gasteiger partial charge >= 0.3 is 6.09 Å². The topological polar surface area (TPSA) is 46.6 Å². The second-order valence-electron chi connectivity index (χ2n) is 6.82. The molecule has 0 saturated carbocycles. The van der Waals surface area contributed by atoms with Crippen LogP contribution in [0.1, 0.15) is 46.1 Å². The van der Waals surface area contributed by atoms with Crippen LogP contribution in [0.25, 0.3) is 0 Å². The molecule has 0 spiro atoms. The summed E-state index contributed by atoms with van der Waals surface area (Å²) in [6.45, 7) is 11.5. The van der Waals surface area contributed by atoms with Gasteiger partial charge in [0.15, 0.2) is 5.78 Å². The van der Waals surface area contributed by atoms with Crippen LogP contribution in [0, 0.1) is 0 Å². The summed E-state index contributed by atoms with van der Waals surface area (Å²) in [4.78, 5) is 26.0. The van der Waals surface area contributed by atoms with E-state index < -0.39 is 11.7 Å². The van der Waals surface area contributed by atoms with Gasteiger partial charge in [-0.3, -0.25) is 9.69 Å². The van der Waals surface area contributed by atoms with E-state index in [4.69, 9.17) is 4.74 Å². The van der Waals surface area contributed by atoms with E-state index in [1.807, 2.05) is 58.0 Å². The summed E-state index contributed by atoms with van der Waals surface area (Å²) in [5.41, 5.74) is 1.34. The van der Waals surface area contributed by atoms with Gasteiger partial charge in [-0.25, -0.2) is 4.79 Å². The predicted octanol–water partition coefficient (Wildman–Crippen LogP) is 4.35. The van der Waals surface area contributed by atoms with Gasteiger partial charge in [0.1, 0.15) is 5.60 Å². The molecular weight excluding hydrogens is 290 g/mol. The van der Waals surface area contributed by atoms with Crippen molar-refractivity contribution in [3.05, 3.63) is 48.0 Å². The molecule has 23 heavy (non-hydrogen) atoms. The van der Waals surface area contributed by atoms with Gasteiger partial charge in [-0.05, 0) is 39.7 Å². The zero-order valence-corrected chi connectivity index (χ0v) is 14.6. The summed E-state index contributed by atoms with van der Waals surface area (Å²) in [6, 6.07) is 9.59. The average molecular weight is 317 g/mol. The standard InChI is InChI=1S/C19H27NO3/c1-15(2)11-12-17(21)14-20(18(22)23-19(3,4)5)13-16-9-7-6-8-10-16/h6-10H,1,11-14H2,2-5H3. The summed E-state index contributed by atoms with van der Waals surface area (Å²) in [5.74, 6) is 0.00907. The van der Waals surface area contributed by atoms with E-state index in [1.165, 1.54) is 4.90 Å². The number of allylic oxidation sites excluding steroid dienone is 1. The van der Waals surface area contributed by atoms with Crippen molar-refractivity contribution in [1.82, 2.24) is 4.90 Å². The highest BCUT2D eigenvalue weighted by Crippen LogP contribution is 2.13. The summed E-state index contributed by atoms with van der Waals surface area (Å²) in [7, 11) is 0. The minimum atomic E-state index is -0.591. The summed E-state index contributed by atoms with van der Waals surface area (Å²) in [6.07, 6.45) is 0.570. The zero-order valence-electron chi connectivity index (χ0n) is 14.6. The van der Waals surface area contributed by atoms with Crippen LogP contribution in [0.3, 0.4) is 0 Å². The first-order chi connectivity index (χ1) is 10.7. The molecule has 0 aromatic heterocycles. The van der Waals surface area contributed by atoms with Crippen LogP contribution < -0.4 is 0 Å². The molecule has 1 aromatic rings. The summed E-state index contributed by atoms with van der Waals surface area (Å²) in [5, 5.41) is 0. The van der Waals surface area contributed by atoms with Crippen molar-refractivity contribution >= 4 is 11.9 Å². The molecule has 0 radical (unpaired) electrons. The third-order valence-electron chi connectivity index (χ3n) is 3.07. The number of rotatable bonds is 7. The number of carbonyl (C=O) groups is 2. The van der Waals surface area contributed by atoms with E-state index >= 15 is 0 Å². The number of hydrogen-bond acceptors (Lipinski definition) is 3. The lowest BCUT2D eigenvalue weighted by molar-refractivity contribution is -0.120. The molecule has 0 heterocycles. The Morgan fingerprint density at radius 2 is 1.74 bits per heavy atom. The molecule has 0 aliphatic rings. The minimum absolute atomic E-state index is 0.00907. The molecule has 4 heteroatoms. The maximum absolute atomic E-state index is 12.4. The first-order valence-corrected chi connectivity index (χ1v) is 7.85. The molecule has 1 rings (SSSR count). The number of ketones is 1. The number of benzene rings is 1. The van der Waals surface area contributed by atoms with Gasteiger partial charge in [-0.2, -0.15) is 0 Å². The van der Waals surface area contributed by atoms with E-state index in [1.54, 1.807) is 0 Å². The van der Waals surface area contributed by atoms with E-state index in [2.05, 4.69) is 6.58 Å². The molecular formula is C19H27NO3. The van der Waals surface area contributed by atoms with E-state index in [0.717, 1.165) is 11.1 Å². The van der Waals surface area contributed by atoms with Gasteiger partial charge in [0, 0.05) is 13.0 Å². The zero-order chi connectivity index (χ0) is 17.5. The highest BCUT2D eigenvalue weighted by atomic mass is 16.6. The number of ether oxygens (including phenoxy) is 1. The first kappa shape index (κ1) is 18.9. The second kappa shape index (κ2) is 8.51. The molecule has 0 saturated heterocycles. The van der Waals surface area contributed by atoms with Gasteiger partial charge in [0.25, 0.3) is 0 Å². The predicted molar refractivity (Wildman–Crippen MR) is 92.1 cm³/mol. The molecule has 4 nitrogen and oxygen atoms in total. The van der Waals surface area contributed by atoms with Crippen molar-refractivity contribution in [2.75, 3.05) is 6.54 Å². The molecule has 0 unspecified atom stereocenters. The maximum atomic E-state index is 12.4. The average Bonchev–Trinajstić information content (AvgIpc) is 2.43. The van der Waals surface area contributed by atoms with E-state index in [9.17, 15) is 9.59 Å². The van der Waals surface area contributed by atoms with Crippen molar-refractivity contribution in [1.29, 1.82) is 0 Å². The van der Waals surface area contributed by atoms with Gasteiger partial charge in [-0.15, -0.1) is 6.58 Å². The Morgan fingerprint density at radius 1 is 1.13 bits per heavy atom. The Balaban J connectivity index is 2.77. The highest BCUT2D eigenvalue weighted by molar-refractivity contribution is 5.84. The van der Waals surface area contributed by atoms with Crippen molar-refractivity contribution in [3.63, 3.8) is 0 Å². The Kier molecular flexibility index (Phi) is 7.01. The molecule has 1 aromatic carbocycles. The normalized spacial score (nSPS) is 11.0. The first-order valence-electron chi connectivity index (χ1n) is 7.85. The van der Waals surface area contributed by atoms with Crippen LogP contribution in [0.2, 0.25) is 0 Å². The third kappa shape index (κ3) is 8.19. The third-order valence-corrected chi connectivity index (χ3v) is 3.07. The van der Waals surface area contributed by atoms with Gasteiger partial charge in [0.2, 0.25) is 0 Å². The molecule has 0 N–H and O–H groups in total. The monoisotopic (exact) mass is 317 g/mol. The Hall–Kier alpha value is -2.10. The SMILES string of the molecule is C=C(C)CCC(=O)CN(Cc1ccccc1)C(=O)OC(C)(C)C. The van der Waals surface area contributed by atoms with Crippen molar-refractivity contribution < 1.29 is 14.3 Å². The van der Waals surface area contributed by atoms with Crippen molar-refractivity contribution in [2.24, 2.45) is 0 Å². The van der Waals surface area contributed by atoms with Gasteiger partial charge < -0.3 is 4.74 Å². The molecule has 0 aliphatic carbocycles. The fourth-order valence-corrected chi connectivity index (χ4v) is 1.96. The molecule has 0 atom stereocenters. The lowest BCUT2D eigenvalue weighted by Gasteiger charge is -2.27. The second-order valence-corrected chi connectivity index (χ2v) is 6.82. The number of amides is 1. The molecule has 0 fully saturated rings. The van der Waals surface area contributed by atoms with Crippen LogP contribution >= 0.6 is 0 Å². The molecule has 1 amide bonds. The van der Waals surface area contributed by atoms with Gasteiger partial charge in [0.05, 0.1) is 6.54 Å². The van der Waals surface area contributed by atoms with Gasteiger partial charge in [-0.1, -0.05) is 35.9 Å². The van der Waals surface area contributed by atoms with E-state index in [-0.39, 0.29) is 12.3 Å². The minimum Gasteiger partial charge on any atom is -0.444 e. The fraction of sp³-hybridized carbons (Fsp3) is 0.474. The number of carbonyl (C=O) groups excluding carboxylic acids is 2. The van der Waals surface area contributed by atoms with Crippen LogP contribution in [0.15, 0.2) is 42.5 Å². The van der Waals surface area contributed by atoms with Crippen LogP contribution in [-0.4, -0.2) is 28.9 Å². The Morgan fingerprint density at radius 3 is 2.26 bits per heavy atom. The van der Waals surface area contributed by atoms with Crippen LogP contribution in [-0.2, 0) is 16.1 Å². The molecule has 0 aliphatic heterocycles. The lowest BCUT2D eigenvalue weighted by Crippen LogP contribution is -2.39. The summed E-state index contributed by atoms with van der Waals surface area (Å²) >= 11 is 0. The Labute approximate surface area is 139 Å². The quantitative estimate of drug-likeness (QED) is 0.702. The number of Topliss-reactive ketones (excluding diaryl/α,β-unsaturated/α-hetero) is 1. The molecule has 126 valence electrons. The fourth-order valence-electron chi connectivity index (χ4n) is 1.96. The Bertz CT molecular complexity index is 543. The molecule has 0 bridgehead atoms. The number of hydrogen-bond donors (Lipinski definition) is 0. The van der Waals surface area contributed by atoms with E-state index in [0.29, 0.717) is 19.4 Å². The van der Waals surface area contributed by atoms with Crippen molar-refractivity contribution in [2.45, 2.75) is 52.7 Å². The number of nitrogens with zero attached hydrogens (tertiary/aromatic N) is 1. The van der Waals surface area contributed by atoms with Crippen molar-refractivity contribution in [3.8, 4) is 0 Å². The van der Waals surface area contributed by atoms with Crippen LogP contribution in [0.4, 0.5) is 4.79 Å². The maximum Gasteiger partial charge on any atom is 0.410 e. The smallest absolute Gasteiger partial charge is 0.410 e. The highest BCUT2D eigenvalue weighted by Gasteiger charge is 2.24. The lowest BCUT2D eigenvalue weighted by atomic mass is 10.1. The largest absolute Gasteiger partial charge is 0.444 e. The summed E-state index contributed by atoms with van der Waals surface area (Å²) < 4.78 is 5.42.